The van der Waals surface area contributed by atoms with Crippen molar-refractivity contribution in [3.63, 3.8) is 0 Å². The predicted octanol–water partition coefficient (Wildman–Crippen LogP) is 1.46. The number of carbonyl (C=O) groups excluding carboxylic acids is 1. The first-order valence-corrected chi connectivity index (χ1v) is 6.93. The van der Waals surface area contributed by atoms with Crippen molar-refractivity contribution >= 4 is 5.91 Å². The molecular formula is C15H24N2O3. The molecule has 0 saturated carbocycles. The van der Waals surface area contributed by atoms with Gasteiger partial charge in [0.25, 0.3) is 5.91 Å². The van der Waals surface area contributed by atoms with Crippen LogP contribution >= 0.6 is 0 Å². The second-order valence-corrected chi connectivity index (χ2v) is 4.54. The van der Waals surface area contributed by atoms with Crippen LogP contribution in [-0.2, 0) is 16.1 Å². The molecule has 0 aromatic heterocycles. The highest BCUT2D eigenvalue weighted by Gasteiger charge is 2.02. The van der Waals surface area contributed by atoms with E-state index in [4.69, 9.17) is 15.2 Å². The third kappa shape index (κ3) is 7.11. The number of ether oxygens (including phenoxy) is 2. The second kappa shape index (κ2) is 10.2. The van der Waals surface area contributed by atoms with E-state index in [1.54, 1.807) is 7.11 Å². The molecule has 0 saturated heterocycles. The standard InChI is InChI=1S/C15H24N2O3/c1-19-10-4-2-3-9-17-15(18)12-20-14-7-5-13(11-16)6-8-14/h5-8H,2-4,9-12,16H2,1H3,(H,17,18). The van der Waals surface area contributed by atoms with Crippen molar-refractivity contribution in [2.75, 3.05) is 26.9 Å². The first-order valence-electron chi connectivity index (χ1n) is 6.93. The van der Waals surface area contributed by atoms with Crippen LogP contribution in [0.25, 0.3) is 0 Å². The molecular weight excluding hydrogens is 256 g/mol. The summed E-state index contributed by atoms with van der Waals surface area (Å²) in [5.41, 5.74) is 6.55. The van der Waals surface area contributed by atoms with E-state index >= 15 is 0 Å². The van der Waals surface area contributed by atoms with E-state index < -0.39 is 0 Å². The van der Waals surface area contributed by atoms with Gasteiger partial charge < -0.3 is 20.5 Å². The molecule has 0 unspecified atom stereocenters. The van der Waals surface area contributed by atoms with Crippen molar-refractivity contribution in [2.45, 2.75) is 25.8 Å². The van der Waals surface area contributed by atoms with Gasteiger partial charge in [0.1, 0.15) is 5.75 Å². The number of carbonyl (C=O) groups is 1. The van der Waals surface area contributed by atoms with E-state index in [0.717, 1.165) is 31.4 Å². The van der Waals surface area contributed by atoms with Crippen LogP contribution in [0.5, 0.6) is 5.75 Å². The van der Waals surface area contributed by atoms with Crippen molar-refractivity contribution in [2.24, 2.45) is 5.73 Å². The molecule has 5 nitrogen and oxygen atoms in total. The van der Waals surface area contributed by atoms with E-state index in [1.807, 2.05) is 24.3 Å². The van der Waals surface area contributed by atoms with E-state index in [2.05, 4.69) is 5.32 Å². The molecule has 112 valence electrons. The molecule has 5 heteroatoms. The molecule has 0 heterocycles. The van der Waals surface area contributed by atoms with Crippen molar-refractivity contribution in [1.82, 2.24) is 5.32 Å². The van der Waals surface area contributed by atoms with Crippen LogP contribution < -0.4 is 15.8 Å². The highest BCUT2D eigenvalue weighted by Crippen LogP contribution is 2.11. The van der Waals surface area contributed by atoms with Gasteiger partial charge in [-0.25, -0.2) is 0 Å². The Morgan fingerprint density at radius 2 is 1.95 bits per heavy atom. The third-order valence-corrected chi connectivity index (χ3v) is 2.88. The number of amides is 1. The maximum Gasteiger partial charge on any atom is 0.257 e. The Morgan fingerprint density at radius 3 is 2.60 bits per heavy atom. The van der Waals surface area contributed by atoms with Gasteiger partial charge in [0, 0.05) is 26.8 Å². The predicted molar refractivity (Wildman–Crippen MR) is 78.6 cm³/mol. The van der Waals surface area contributed by atoms with Crippen LogP contribution in [-0.4, -0.2) is 32.8 Å². The van der Waals surface area contributed by atoms with Crippen molar-refractivity contribution in [3.05, 3.63) is 29.8 Å². The molecule has 0 bridgehead atoms. The highest BCUT2D eigenvalue weighted by atomic mass is 16.5. The summed E-state index contributed by atoms with van der Waals surface area (Å²) in [5.74, 6) is 0.581. The van der Waals surface area contributed by atoms with Crippen LogP contribution in [0.4, 0.5) is 0 Å². The fourth-order valence-corrected chi connectivity index (χ4v) is 1.70. The number of unbranched alkanes of at least 4 members (excludes halogenated alkanes) is 2. The number of benzene rings is 1. The zero-order chi connectivity index (χ0) is 14.6. The first kappa shape index (κ1) is 16.5. The molecule has 1 aromatic rings. The Morgan fingerprint density at radius 1 is 1.20 bits per heavy atom. The largest absolute Gasteiger partial charge is 0.484 e. The molecule has 0 atom stereocenters. The molecule has 0 aliphatic carbocycles. The zero-order valence-corrected chi connectivity index (χ0v) is 12.1. The lowest BCUT2D eigenvalue weighted by Gasteiger charge is -2.08. The molecule has 0 aliphatic rings. The fraction of sp³-hybridized carbons (Fsp3) is 0.533. The average molecular weight is 280 g/mol. The van der Waals surface area contributed by atoms with Gasteiger partial charge in [-0.2, -0.15) is 0 Å². The number of nitrogens with one attached hydrogen (secondary N) is 1. The minimum absolute atomic E-state index is 0.0417. The molecule has 0 fully saturated rings. The van der Waals surface area contributed by atoms with Crippen molar-refractivity contribution in [1.29, 1.82) is 0 Å². The molecule has 1 aromatic carbocycles. The highest BCUT2D eigenvalue weighted by molar-refractivity contribution is 5.77. The van der Waals surface area contributed by atoms with Crippen LogP contribution in [0.2, 0.25) is 0 Å². The molecule has 1 rings (SSSR count). The summed E-state index contributed by atoms with van der Waals surface area (Å²) in [4.78, 5) is 11.5. The van der Waals surface area contributed by atoms with Gasteiger partial charge in [0.2, 0.25) is 0 Å². The topological polar surface area (TPSA) is 73.6 Å². The summed E-state index contributed by atoms with van der Waals surface area (Å²) in [5, 5.41) is 2.83. The van der Waals surface area contributed by atoms with Gasteiger partial charge in [-0.15, -0.1) is 0 Å². The Bertz CT molecular complexity index is 379. The van der Waals surface area contributed by atoms with Crippen LogP contribution in [0.1, 0.15) is 24.8 Å². The number of nitrogens with two attached hydrogens (primary N) is 1. The Labute approximate surface area is 120 Å². The first-order chi connectivity index (χ1) is 9.76. The Kier molecular flexibility index (Phi) is 8.42. The minimum Gasteiger partial charge on any atom is -0.484 e. The van der Waals surface area contributed by atoms with Crippen LogP contribution in [0, 0.1) is 0 Å². The maximum absolute atomic E-state index is 11.5. The summed E-state index contributed by atoms with van der Waals surface area (Å²) >= 11 is 0. The molecule has 3 N–H and O–H groups in total. The van der Waals surface area contributed by atoms with Gasteiger partial charge in [0.05, 0.1) is 0 Å². The van der Waals surface area contributed by atoms with Crippen molar-refractivity contribution < 1.29 is 14.3 Å². The number of methoxy groups -OCH3 is 1. The SMILES string of the molecule is COCCCCCNC(=O)COc1ccc(CN)cc1. The zero-order valence-electron chi connectivity index (χ0n) is 12.1. The molecule has 0 radical (unpaired) electrons. The van der Waals surface area contributed by atoms with Gasteiger partial charge in [0.15, 0.2) is 6.61 Å². The normalized spacial score (nSPS) is 10.3. The fourth-order valence-electron chi connectivity index (χ4n) is 1.70. The number of hydrogen-bond acceptors (Lipinski definition) is 4. The summed E-state index contributed by atoms with van der Waals surface area (Å²) in [6.45, 7) is 2.00. The minimum atomic E-state index is -0.0976. The van der Waals surface area contributed by atoms with Gasteiger partial charge in [-0.3, -0.25) is 4.79 Å². The van der Waals surface area contributed by atoms with E-state index in [9.17, 15) is 4.79 Å². The third-order valence-electron chi connectivity index (χ3n) is 2.88. The molecule has 0 aliphatic heterocycles. The van der Waals surface area contributed by atoms with Crippen LogP contribution in [0.3, 0.4) is 0 Å². The van der Waals surface area contributed by atoms with Crippen LogP contribution in [0.15, 0.2) is 24.3 Å². The lowest BCUT2D eigenvalue weighted by Crippen LogP contribution is -2.29. The van der Waals surface area contributed by atoms with Gasteiger partial charge in [-0.05, 0) is 37.0 Å². The monoisotopic (exact) mass is 280 g/mol. The lowest BCUT2D eigenvalue weighted by atomic mass is 10.2. The Hall–Kier alpha value is -1.59. The van der Waals surface area contributed by atoms with E-state index in [1.165, 1.54) is 0 Å². The van der Waals surface area contributed by atoms with E-state index in [0.29, 0.717) is 18.8 Å². The summed E-state index contributed by atoms with van der Waals surface area (Å²) < 4.78 is 10.3. The molecule has 0 spiro atoms. The summed E-state index contributed by atoms with van der Waals surface area (Å²) in [6, 6.07) is 7.42. The molecule has 1 amide bonds. The number of rotatable bonds is 10. The average Bonchev–Trinajstić information content (AvgIpc) is 2.49. The maximum atomic E-state index is 11.5. The van der Waals surface area contributed by atoms with E-state index in [-0.39, 0.29) is 12.5 Å². The second-order valence-electron chi connectivity index (χ2n) is 4.54. The lowest BCUT2D eigenvalue weighted by molar-refractivity contribution is -0.123. The Balaban J connectivity index is 2.10. The summed E-state index contributed by atoms with van der Waals surface area (Å²) in [6.07, 6.45) is 3.03. The summed E-state index contributed by atoms with van der Waals surface area (Å²) in [7, 11) is 1.69. The van der Waals surface area contributed by atoms with Gasteiger partial charge in [-0.1, -0.05) is 12.1 Å². The van der Waals surface area contributed by atoms with Gasteiger partial charge >= 0.3 is 0 Å². The molecule has 20 heavy (non-hydrogen) atoms. The quantitative estimate of drug-likeness (QED) is 0.636. The smallest absolute Gasteiger partial charge is 0.257 e. The van der Waals surface area contributed by atoms with Crippen molar-refractivity contribution in [3.8, 4) is 5.75 Å². The number of hydrogen-bond donors (Lipinski definition) is 2.